The lowest BCUT2D eigenvalue weighted by molar-refractivity contribution is -0.107. The maximum Gasteiger partial charge on any atom is 0.119 e. The van der Waals surface area contributed by atoms with Crippen molar-refractivity contribution >= 4 is 6.29 Å². The second-order valence-electron chi connectivity index (χ2n) is 8.01. The summed E-state index contributed by atoms with van der Waals surface area (Å²) in [5.41, 5.74) is 0. The molecule has 0 atom stereocenters. The summed E-state index contributed by atoms with van der Waals surface area (Å²) in [4.78, 5) is 10.2. The van der Waals surface area contributed by atoms with Gasteiger partial charge in [0.2, 0.25) is 0 Å². The highest BCUT2D eigenvalue weighted by Gasteiger charge is 1.93. The van der Waals surface area contributed by atoms with E-state index >= 15 is 0 Å². The number of allylic oxidation sites excluding steroid dienone is 2. The van der Waals surface area contributed by atoms with E-state index in [2.05, 4.69) is 19.1 Å². The lowest BCUT2D eigenvalue weighted by Gasteiger charge is -2.02. The van der Waals surface area contributed by atoms with E-state index in [1.54, 1.807) is 0 Å². The van der Waals surface area contributed by atoms with Gasteiger partial charge in [0.25, 0.3) is 0 Å². The van der Waals surface area contributed by atoms with Crippen LogP contribution in [0.1, 0.15) is 142 Å². The molecule has 0 aliphatic carbocycles. The van der Waals surface area contributed by atoms with E-state index in [0.29, 0.717) is 0 Å². The molecule has 0 radical (unpaired) electrons. The molecule has 0 aliphatic heterocycles. The second kappa shape index (κ2) is 24.4. The Morgan fingerprint density at radius 1 is 0.423 bits per heavy atom. The maximum atomic E-state index is 10.2. The molecule has 1 nitrogen and oxygen atoms in total. The zero-order valence-electron chi connectivity index (χ0n) is 18.0. The zero-order chi connectivity index (χ0) is 19.0. The van der Waals surface area contributed by atoms with Crippen LogP contribution in [0.25, 0.3) is 0 Å². The van der Waals surface area contributed by atoms with Crippen molar-refractivity contribution in [2.45, 2.75) is 142 Å². The third-order valence-electron chi connectivity index (χ3n) is 5.33. The van der Waals surface area contributed by atoms with Gasteiger partial charge < -0.3 is 4.79 Å². The molecule has 0 heterocycles. The summed E-state index contributed by atoms with van der Waals surface area (Å²) in [7, 11) is 0. The van der Waals surface area contributed by atoms with Gasteiger partial charge in [0.15, 0.2) is 0 Å². The Morgan fingerprint density at radius 3 is 1.08 bits per heavy atom. The van der Waals surface area contributed by atoms with Crippen LogP contribution < -0.4 is 0 Å². The van der Waals surface area contributed by atoms with Crippen LogP contribution in [0.4, 0.5) is 0 Å². The minimum absolute atomic E-state index is 0.752. The normalized spacial score (nSPS) is 11.4. The quantitative estimate of drug-likeness (QED) is 0.106. The van der Waals surface area contributed by atoms with Gasteiger partial charge in [0.05, 0.1) is 0 Å². The van der Waals surface area contributed by atoms with E-state index < -0.39 is 0 Å². The molecule has 1 heteroatoms. The van der Waals surface area contributed by atoms with E-state index in [0.717, 1.165) is 19.1 Å². The molecule has 0 spiro atoms. The average molecular weight is 365 g/mol. The molecule has 26 heavy (non-hydrogen) atoms. The summed E-state index contributed by atoms with van der Waals surface area (Å²) in [5, 5.41) is 0. The molecule has 0 aromatic heterocycles. The van der Waals surface area contributed by atoms with Crippen molar-refractivity contribution in [3.05, 3.63) is 12.2 Å². The monoisotopic (exact) mass is 364 g/mol. The molecule has 0 aromatic rings. The van der Waals surface area contributed by atoms with Crippen molar-refractivity contribution in [2.24, 2.45) is 0 Å². The topological polar surface area (TPSA) is 17.1 Å². The lowest BCUT2D eigenvalue weighted by Crippen LogP contribution is -1.82. The third-order valence-corrected chi connectivity index (χ3v) is 5.33. The Bertz CT molecular complexity index is 282. The van der Waals surface area contributed by atoms with E-state index in [4.69, 9.17) is 0 Å². The summed E-state index contributed by atoms with van der Waals surface area (Å²) >= 11 is 0. The summed E-state index contributed by atoms with van der Waals surface area (Å²) in [5.74, 6) is 0. The largest absolute Gasteiger partial charge is 0.303 e. The fraction of sp³-hybridized carbons (Fsp3) is 0.880. The van der Waals surface area contributed by atoms with E-state index in [9.17, 15) is 4.79 Å². The van der Waals surface area contributed by atoms with Crippen LogP contribution >= 0.6 is 0 Å². The van der Waals surface area contributed by atoms with Gasteiger partial charge in [-0.05, 0) is 32.1 Å². The molecule has 154 valence electrons. The Labute approximate surface area is 165 Å². The van der Waals surface area contributed by atoms with Crippen molar-refractivity contribution in [1.82, 2.24) is 0 Å². The highest BCUT2D eigenvalue weighted by atomic mass is 16.1. The van der Waals surface area contributed by atoms with Gasteiger partial charge in [0.1, 0.15) is 6.29 Å². The first-order chi connectivity index (χ1) is 12.9. The molecule has 0 unspecified atom stereocenters. The van der Waals surface area contributed by atoms with Crippen LogP contribution in [-0.2, 0) is 4.79 Å². The fourth-order valence-electron chi connectivity index (χ4n) is 3.54. The van der Waals surface area contributed by atoms with Gasteiger partial charge in [-0.3, -0.25) is 0 Å². The molecule has 0 rings (SSSR count). The van der Waals surface area contributed by atoms with Crippen molar-refractivity contribution in [1.29, 1.82) is 0 Å². The van der Waals surface area contributed by atoms with Crippen molar-refractivity contribution in [2.75, 3.05) is 0 Å². The molecule has 0 aliphatic rings. The minimum Gasteiger partial charge on any atom is -0.303 e. The highest BCUT2D eigenvalue weighted by molar-refractivity contribution is 5.48. The van der Waals surface area contributed by atoms with Gasteiger partial charge in [-0.15, -0.1) is 0 Å². The molecule has 0 saturated carbocycles. The van der Waals surface area contributed by atoms with Crippen molar-refractivity contribution in [3.8, 4) is 0 Å². The van der Waals surface area contributed by atoms with Crippen LogP contribution in [0, 0.1) is 0 Å². The zero-order valence-corrected chi connectivity index (χ0v) is 18.0. The fourth-order valence-corrected chi connectivity index (χ4v) is 3.54. The first-order valence-corrected chi connectivity index (χ1v) is 12.0. The summed E-state index contributed by atoms with van der Waals surface area (Å²) in [6, 6.07) is 0. The summed E-state index contributed by atoms with van der Waals surface area (Å²) in [6.07, 6.45) is 34.0. The van der Waals surface area contributed by atoms with Crippen LogP contribution in [0.5, 0.6) is 0 Å². The van der Waals surface area contributed by atoms with Crippen molar-refractivity contribution in [3.63, 3.8) is 0 Å². The number of hydrogen-bond acceptors (Lipinski definition) is 1. The van der Waals surface area contributed by atoms with Gasteiger partial charge in [-0.2, -0.15) is 0 Å². The number of rotatable bonds is 22. The molecular formula is C25H48O. The first kappa shape index (κ1) is 25.4. The second-order valence-corrected chi connectivity index (χ2v) is 8.01. The summed E-state index contributed by atoms with van der Waals surface area (Å²) in [6.45, 7) is 2.29. The van der Waals surface area contributed by atoms with Gasteiger partial charge in [0, 0.05) is 6.42 Å². The highest BCUT2D eigenvalue weighted by Crippen LogP contribution is 2.13. The Kier molecular flexibility index (Phi) is 23.9. The van der Waals surface area contributed by atoms with Crippen LogP contribution in [0.15, 0.2) is 12.2 Å². The summed E-state index contributed by atoms with van der Waals surface area (Å²) < 4.78 is 0. The lowest BCUT2D eigenvalue weighted by atomic mass is 10.0. The number of carbonyl (C=O) groups excluding carboxylic acids is 1. The molecule has 0 fully saturated rings. The first-order valence-electron chi connectivity index (χ1n) is 12.0. The van der Waals surface area contributed by atoms with Crippen LogP contribution in [0.3, 0.4) is 0 Å². The van der Waals surface area contributed by atoms with Gasteiger partial charge in [-0.1, -0.05) is 115 Å². The van der Waals surface area contributed by atoms with Gasteiger partial charge >= 0.3 is 0 Å². The number of hydrogen-bond donors (Lipinski definition) is 0. The predicted molar refractivity (Wildman–Crippen MR) is 118 cm³/mol. The number of aldehydes is 1. The van der Waals surface area contributed by atoms with Crippen LogP contribution in [0.2, 0.25) is 0 Å². The predicted octanol–water partition coefficient (Wildman–Crippen LogP) is 8.95. The Hall–Kier alpha value is -0.590. The molecule has 0 aromatic carbocycles. The van der Waals surface area contributed by atoms with Crippen molar-refractivity contribution < 1.29 is 4.79 Å². The number of carbonyl (C=O) groups is 1. The molecule has 0 saturated heterocycles. The minimum atomic E-state index is 0.752. The van der Waals surface area contributed by atoms with E-state index in [-0.39, 0.29) is 0 Å². The van der Waals surface area contributed by atoms with Gasteiger partial charge in [-0.25, -0.2) is 0 Å². The number of unbranched alkanes of at least 4 members (excludes halogenated alkanes) is 19. The maximum absolute atomic E-state index is 10.2. The van der Waals surface area contributed by atoms with E-state index in [1.165, 1.54) is 122 Å². The molecule has 0 bridgehead atoms. The standard InChI is InChI=1S/C25H48O/c1-2-3-4-5-6-7-8-9-10-11-12-13-14-15-16-17-18-19-20-21-22-23-24-25-26/h15-16,25H,2-14,17-24H2,1H3/b16-15-. The van der Waals surface area contributed by atoms with Crippen LogP contribution in [-0.4, -0.2) is 6.29 Å². The molecule has 0 N–H and O–H groups in total. The molecular weight excluding hydrogens is 316 g/mol. The molecule has 0 amide bonds. The average Bonchev–Trinajstić information content (AvgIpc) is 2.66. The SMILES string of the molecule is CCCCCCCCCCCCCC/C=C\CCCCCCCCC=O. The van der Waals surface area contributed by atoms with E-state index in [1.807, 2.05) is 0 Å². The smallest absolute Gasteiger partial charge is 0.119 e. The third kappa shape index (κ3) is 23.4. The Balaban J connectivity index is 3.05. The Morgan fingerprint density at radius 2 is 0.731 bits per heavy atom.